The number of fused-ring (bicyclic) bond motifs is 2. The molecular weight excluding hydrogens is 210 g/mol. The Kier molecular flexibility index (Phi) is 2.47. The monoisotopic (exact) mass is 219 g/mol. The summed E-state index contributed by atoms with van der Waals surface area (Å²) < 4.78 is 0. The fraction of sp³-hybridized carbons (Fsp3) is 0.0833. The standard InChI is InChI=1S/C12H9NO.ClH/c14-11-7-3-6-10-12(11)8-4-1-2-5-9(8)13-10;/h1-7,11,14H;1H. The van der Waals surface area contributed by atoms with Crippen LogP contribution in [0, 0.1) is 0 Å². The third-order valence-electron chi connectivity index (χ3n) is 2.55. The van der Waals surface area contributed by atoms with Crippen molar-refractivity contribution in [2.45, 2.75) is 6.10 Å². The summed E-state index contributed by atoms with van der Waals surface area (Å²) >= 11 is 0. The first-order valence-corrected chi connectivity index (χ1v) is 4.61. The van der Waals surface area contributed by atoms with Gasteiger partial charge in [0.05, 0.1) is 11.1 Å². The normalized spacial score (nSPS) is 21.0. The summed E-state index contributed by atoms with van der Waals surface area (Å²) in [6.45, 7) is 0. The average molecular weight is 220 g/mol. The number of allylic oxidation sites excluding steroid dienone is 2. The van der Waals surface area contributed by atoms with Gasteiger partial charge in [-0.15, -0.1) is 12.4 Å². The molecule has 0 saturated carbocycles. The van der Waals surface area contributed by atoms with Crippen molar-refractivity contribution < 1.29 is 5.11 Å². The quantitative estimate of drug-likeness (QED) is 0.685. The van der Waals surface area contributed by atoms with Crippen molar-refractivity contribution in [1.29, 1.82) is 0 Å². The predicted molar refractivity (Wildman–Crippen MR) is 61.1 cm³/mol. The van der Waals surface area contributed by atoms with Crippen LogP contribution in [0.25, 0.3) is 5.57 Å². The molecule has 0 saturated heterocycles. The van der Waals surface area contributed by atoms with Crippen LogP contribution < -0.4 is 10.6 Å². The van der Waals surface area contributed by atoms with Crippen molar-refractivity contribution in [3.05, 3.63) is 58.8 Å². The topological polar surface area (TPSA) is 32.6 Å². The van der Waals surface area contributed by atoms with E-state index in [2.05, 4.69) is 4.99 Å². The molecule has 1 aromatic carbocycles. The lowest BCUT2D eigenvalue weighted by molar-refractivity contribution is 0.279. The summed E-state index contributed by atoms with van der Waals surface area (Å²) in [5.41, 5.74) is 1.82. The van der Waals surface area contributed by atoms with Crippen LogP contribution in [0.3, 0.4) is 0 Å². The molecule has 0 aromatic heterocycles. The van der Waals surface area contributed by atoms with Crippen molar-refractivity contribution in [2.75, 3.05) is 0 Å². The van der Waals surface area contributed by atoms with Crippen molar-refractivity contribution in [2.24, 2.45) is 4.99 Å². The Morgan fingerprint density at radius 2 is 2.00 bits per heavy atom. The summed E-state index contributed by atoms with van der Waals surface area (Å²) in [5.74, 6) is 0. The summed E-state index contributed by atoms with van der Waals surface area (Å²) in [6.07, 6.45) is 5.04. The van der Waals surface area contributed by atoms with E-state index in [0.717, 1.165) is 21.8 Å². The van der Waals surface area contributed by atoms with Gasteiger partial charge in [0.25, 0.3) is 0 Å². The van der Waals surface area contributed by atoms with Gasteiger partial charge in [0, 0.05) is 10.8 Å². The summed E-state index contributed by atoms with van der Waals surface area (Å²) in [4.78, 5) is 4.44. The molecule has 3 rings (SSSR count). The Morgan fingerprint density at radius 1 is 1.20 bits per heavy atom. The lowest BCUT2D eigenvalue weighted by Crippen LogP contribution is -2.25. The molecule has 2 aliphatic rings. The number of hydrogen-bond acceptors (Lipinski definition) is 2. The minimum absolute atomic E-state index is 0. The predicted octanol–water partition coefficient (Wildman–Crippen LogP) is 0.707. The first-order valence-electron chi connectivity index (χ1n) is 4.61. The number of aliphatic hydroxyl groups excluding tert-OH is 1. The molecule has 0 bridgehead atoms. The summed E-state index contributed by atoms with van der Waals surface area (Å²) in [6, 6.07) is 7.89. The highest BCUT2D eigenvalue weighted by molar-refractivity contribution is 5.85. The van der Waals surface area contributed by atoms with Crippen molar-refractivity contribution in [3.63, 3.8) is 0 Å². The maximum absolute atomic E-state index is 9.80. The average Bonchev–Trinajstić information content (AvgIpc) is 2.57. The van der Waals surface area contributed by atoms with Crippen LogP contribution in [-0.2, 0) is 0 Å². The van der Waals surface area contributed by atoms with Crippen LogP contribution in [0.15, 0.2) is 53.2 Å². The Balaban J connectivity index is 0.000000853. The highest BCUT2D eigenvalue weighted by Gasteiger charge is 2.19. The van der Waals surface area contributed by atoms with Crippen molar-refractivity contribution >= 4 is 18.0 Å². The van der Waals surface area contributed by atoms with Gasteiger partial charge >= 0.3 is 0 Å². The van der Waals surface area contributed by atoms with E-state index in [1.165, 1.54) is 0 Å². The number of rotatable bonds is 0. The minimum Gasteiger partial charge on any atom is -0.384 e. The first-order chi connectivity index (χ1) is 6.86. The van der Waals surface area contributed by atoms with Gasteiger partial charge in [0.2, 0.25) is 0 Å². The molecule has 3 heteroatoms. The molecule has 1 aliphatic carbocycles. The van der Waals surface area contributed by atoms with E-state index >= 15 is 0 Å². The Bertz CT molecular complexity index is 572. The zero-order chi connectivity index (χ0) is 9.54. The van der Waals surface area contributed by atoms with E-state index in [1.54, 1.807) is 6.08 Å². The molecule has 76 valence electrons. The summed E-state index contributed by atoms with van der Waals surface area (Å²) in [7, 11) is 0. The van der Waals surface area contributed by atoms with E-state index in [9.17, 15) is 5.11 Å². The molecule has 0 radical (unpaired) electrons. The Morgan fingerprint density at radius 3 is 2.87 bits per heavy atom. The third kappa shape index (κ3) is 1.42. The number of para-hydroxylation sites is 1. The molecule has 2 nitrogen and oxygen atoms in total. The highest BCUT2D eigenvalue weighted by atomic mass is 35.5. The number of nitrogens with zero attached hydrogens (tertiary/aromatic N) is 1. The molecule has 1 unspecified atom stereocenters. The van der Waals surface area contributed by atoms with Gasteiger partial charge < -0.3 is 5.11 Å². The number of hydrogen-bond donors (Lipinski definition) is 1. The van der Waals surface area contributed by atoms with Gasteiger partial charge in [-0.05, 0) is 12.1 Å². The molecule has 1 aliphatic heterocycles. The first kappa shape index (κ1) is 10.1. The molecule has 1 N–H and O–H groups in total. The van der Waals surface area contributed by atoms with E-state index in [-0.39, 0.29) is 12.4 Å². The van der Waals surface area contributed by atoms with E-state index in [0.29, 0.717) is 0 Å². The van der Waals surface area contributed by atoms with Gasteiger partial charge in [0.1, 0.15) is 6.10 Å². The van der Waals surface area contributed by atoms with Gasteiger partial charge in [-0.1, -0.05) is 30.4 Å². The van der Waals surface area contributed by atoms with Gasteiger partial charge in [-0.2, -0.15) is 0 Å². The second-order valence-corrected chi connectivity index (χ2v) is 3.42. The zero-order valence-corrected chi connectivity index (χ0v) is 8.74. The number of aliphatic hydroxyl groups is 1. The largest absolute Gasteiger partial charge is 0.384 e. The zero-order valence-electron chi connectivity index (χ0n) is 7.92. The van der Waals surface area contributed by atoms with Crippen LogP contribution in [0.1, 0.15) is 0 Å². The van der Waals surface area contributed by atoms with E-state index in [1.807, 2.05) is 36.4 Å². The van der Waals surface area contributed by atoms with Gasteiger partial charge in [-0.3, -0.25) is 0 Å². The van der Waals surface area contributed by atoms with Crippen LogP contribution in [0.5, 0.6) is 0 Å². The highest BCUT2D eigenvalue weighted by Crippen LogP contribution is 2.22. The maximum Gasteiger partial charge on any atom is 0.100 e. The smallest absolute Gasteiger partial charge is 0.100 e. The van der Waals surface area contributed by atoms with E-state index < -0.39 is 6.10 Å². The van der Waals surface area contributed by atoms with Crippen LogP contribution in [0.2, 0.25) is 0 Å². The lowest BCUT2D eigenvalue weighted by Gasteiger charge is -2.11. The fourth-order valence-corrected chi connectivity index (χ4v) is 1.91. The Labute approximate surface area is 93.4 Å². The molecule has 1 atom stereocenters. The molecule has 0 fully saturated rings. The summed E-state index contributed by atoms with van der Waals surface area (Å²) in [5, 5.41) is 11.8. The van der Waals surface area contributed by atoms with Crippen LogP contribution in [0.4, 0.5) is 0 Å². The number of benzene rings is 1. The third-order valence-corrected chi connectivity index (χ3v) is 2.55. The second-order valence-electron chi connectivity index (χ2n) is 3.42. The molecule has 1 heterocycles. The number of halogens is 1. The molecule has 0 spiro atoms. The van der Waals surface area contributed by atoms with Crippen molar-refractivity contribution in [3.8, 4) is 0 Å². The SMILES string of the molecule is Cl.OC1C=CC=C2N=c3ccccc3=C21. The lowest BCUT2D eigenvalue weighted by atomic mass is 10.0. The Hall–Kier alpha value is -1.38. The molecule has 1 aromatic rings. The maximum atomic E-state index is 9.80. The minimum atomic E-state index is -0.512. The second kappa shape index (κ2) is 3.65. The molecule has 0 amide bonds. The van der Waals surface area contributed by atoms with Crippen molar-refractivity contribution in [1.82, 2.24) is 0 Å². The van der Waals surface area contributed by atoms with Gasteiger partial charge in [-0.25, -0.2) is 4.99 Å². The fourth-order valence-electron chi connectivity index (χ4n) is 1.91. The van der Waals surface area contributed by atoms with Gasteiger partial charge in [0.15, 0.2) is 0 Å². The molecular formula is C12H10ClNO. The van der Waals surface area contributed by atoms with Crippen LogP contribution >= 0.6 is 12.4 Å². The van der Waals surface area contributed by atoms with Crippen LogP contribution in [-0.4, -0.2) is 11.2 Å². The molecule has 15 heavy (non-hydrogen) atoms. The van der Waals surface area contributed by atoms with E-state index in [4.69, 9.17) is 0 Å².